The Morgan fingerprint density at radius 1 is 0.655 bits per heavy atom. The molecular formula is C24H14BrNO3. The van der Waals surface area contributed by atoms with Crippen LogP contribution in [0.5, 0.6) is 11.5 Å². The summed E-state index contributed by atoms with van der Waals surface area (Å²) >= 11 is 3.35. The van der Waals surface area contributed by atoms with Gasteiger partial charge in [0.25, 0.3) is 11.8 Å². The summed E-state index contributed by atoms with van der Waals surface area (Å²) in [5.41, 5.74) is 1.33. The lowest BCUT2D eigenvalue weighted by Crippen LogP contribution is -2.29. The number of anilines is 1. The number of amides is 2. The first-order valence-electron chi connectivity index (χ1n) is 9.05. The smallest absolute Gasteiger partial charge is 0.266 e. The van der Waals surface area contributed by atoms with E-state index in [0.717, 1.165) is 21.0 Å². The molecule has 0 N–H and O–H groups in total. The summed E-state index contributed by atoms with van der Waals surface area (Å²) in [7, 11) is 0. The Bertz CT molecular complexity index is 1280. The van der Waals surface area contributed by atoms with Crippen LogP contribution in [0, 0.1) is 0 Å². The average Bonchev–Trinajstić information content (AvgIpc) is 2.98. The van der Waals surface area contributed by atoms with Gasteiger partial charge in [-0.2, -0.15) is 0 Å². The number of carbonyl (C=O) groups excluding carboxylic acids is 2. The van der Waals surface area contributed by atoms with Crippen molar-refractivity contribution in [2.75, 3.05) is 4.90 Å². The number of rotatable bonds is 3. The zero-order chi connectivity index (χ0) is 20.0. The number of ether oxygens (including phenoxy) is 1. The van der Waals surface area contributed by atoms with Crippen LogP contribution in [0.25, 0.3) is 10.8 Å². The van der Waals surface area contributed by atoms with Crippen molar-refractivity contribution in [2.24, 2.45) is 0 Å². The largest absolute Gasteiger partial charge is 0.457 e. The highest BCUT2D eigenvalue weighted by Gasteiger charge is 2.36. The third-order valence-electron chi connectivity index (χ3n) is 4.90. The predicted octanol–water partition coefficient (Wildman–Crippen LogP) is 6.20. The number of carbonyl (C=O) groups is 2. The number of hydrogen-bond donors (Lipinski definition) is 0. The highest BCUT2D eigenvalue weighted by molar-refractivity contribution is 9.10. The van der Waals surface area contributed by atoms with Crippen LogP contribution in [0.15, 0.2) is 89.4 Å². The summed E-state index contributed by atoms with van der Waals surface area (Å²) in [6, 6.07) is 26.0. The van der Waals surface area contributed by atoms with Crippen molar-refractivity contribution >= 4 is 44.2 Å². The summed E-state index contributed by atoms with van der Waals surface area (Å²) in [5.74, 6) is 0.709. The molecule has 0 spiro atoms. The molecule has 4 aromatic carbocycles. The molecule has 1 aliphatic heterocycles. The molecule has 4 aromatic rings. The van der Waals surface area contributed by atoms with Gasteiger partial charge in [0.1, 0.15) is 11.5 Å². The Morgan fingerprint density at radius 2 is 1.34 bits per heavy atom. The topological polar surface area (TPSA) is 46.6 Å². The van der Waals surface area contributed by atoms with Crippen molar-refractivity contribution in [2.45, 2.75) is 0 Å². The quantitative estimate of drug-likeness (QED) is 0.354. The second-order valence-corrected chi connectivity index (χ2v) is 7.66. The zero-order valence-electron chi connectivity index (χ0n) is 15.1. The van der Waals surface area contributed by atoms with Crippen molar-refractivity contribution < 1.29 is 14.3 Å². The number of hydrogen-bond acceptors (Lipinski definition) is 3. The molecule has 5 rings (SSSR count). The highest BCUT2D eigenvalue weighted by Crippen LogP contribution is 2.32. The summed E-state index contributed by atoms with van der Waals surface area (Å²) < 4.78 is 6.70. The third kappa shape index (κ3) is 3.09. The number of benzene rings is 4. The molecule has 0 saturated heterocycles. The summed E-state index contributed by atoms with van der Waals surface area (Å²) in [6.07, 6.45) is 0. The molecule has 0 aliphatic carbocycles. The van der Waals surface area contributed by atoms with Gasteiger partial charge >= 0.3 is 0 Å². The van der Waals surface area contributed by atoms with Gasteiger partial charge in [-0.1, -0.05) is 46.3 Å². The Labute approximate surface area is 175 Å². The second-order valence-electron chi connectivity index (χ2n) is 6.74. The van der Waals surface area contributed by atoms with E-state index in [1.807, 2.05) is 36.4 Å². The van der Waals surface area contributed by atoms with E-state index in [0.29, 0.717) is 22.6 Å². The summed E-state index contributed by atoms with van der Waals surface area (Å²) in [6.45, 7) is 0. The van der Waals surface area contributed by atoms with Crippen LogP contribution in [0.4, 0.5) is 5.69 Å². The van der Waals surface area contributed by atoms with Crippen LogP contribution < -0.4 is 9.64 Å². The van der Waals surface area contributed by atoms with Gasteiger partial charge in [0, 0.05) is 4.47 Å². The van der Waals surface area contributed by atoms with Crippen LogP contribution in [0.3, 0.4) is 0 Å². The first-order chi connectivity index (χ1) is 14.1. The molecule has 2 amide bonds. The van der Waals surface area contributed by atoms with Gasteiger partial charge in [-0.15, -0.1) is 0 Å². The van der Waals surface area contributed by atoms with Gasteiger partial charge in [-0.05, 0) is 65.4 Å². The molecule has 1 aliphatic rings. The number of halogens is 1. The van der Waals surface area contributed by atoms with Crippen molar-refractivity contribution in [1.29, 1.82) is 0 Å². The number of imide groups is 1. The maximum atomic E-state index is 12.7. The molecule has 1 heterocycles. The fourth-order valence-corrected chi connectivity index (χ4v) is 3.84. The summed E-state index contributed by atoms with van der Waals surface area (Å²) in [4.78, 5) is 26.6. The van der Waals surface area contributed by atoms with Crippen molar-refractivity contribution in [3.8, 4) is 11.5 Å². The molecule has 0 aromatic heterocycles. The lowest BCUT2D eigenvalue weighted by Gasteiger charge is -2.14. The van der Waals surface area contributed by atoms with Gasteiger partial charge in [-0.25, -0.2) is 4.90 Å². The maximum absolute atomic E-state index is 12.7. The van der Waals surface area contributed by atoms with E-state index in [9.17, 15) is 9.59 Å². The molecule has 0 bridgehead atoms. The van der Waals surface area contributed by atoms with Crippen molar-refractivity contribution in [3.63, 3.8) is 0 Å². The molecule has 0 radical (unpaired) electrons. The predicted molar refractivity (Wildman–Crippen MR) is 116 cm³/mol. The van der Waals surface area contributed by atoms with Gasteiger partial charge in [0.05, 0.1) is 16.8 Å². The van der Waals surface area contributed by atoms with Gasteiger partial charge in [0.15, 0.2) is 0 Å². The average molecular weight is 444 g/mol. The minimum Gasteiger partial charge on any atom is -0.457 e. The lowest BCUT2D eigenvalue weighted by atomic mass is 10.1. The van der Waals surface area contributed by atoms with Gasteiger partial charge < -0.3 is 4.74 Å². The molecule has 0 saturated carbocycles. The van der Waals surface area contributed by atoms with Crippen LogP contribution in [-0.2, 0) is 0 Å². The van der Waals surface area contributed by atoms with E-state index < -0.39 is 0 Å². The molecule has 140 valence electrons. The number of fused-ring (bicyclic) bond motifs is 2. The van der Waals surface area contributed by atoms with E-state index in [1.54, 1.807) is 42.5 Å². The van der Waals surface area contributed by atoms with E-state index in [2.05, 4.69) is 22.0 Å². The molecular weight excluding hydrogens is 430 g/mol. The lowest BCUT2D eigenvalue weighted by molar-refractivity contribution is 0.0926. The van der Waals surface area contributed by atoms with Gasteiger partial charge in [0.2, 0.25) is 0 Å². The van der Waals surface area contributed by atoms with E-state index in [1.165, 1.54) is 4.90 Å². The fourth-order valence-electron chi connectivity index (χ4n) is 3.48. The third-order valence-corrected chi connectivity index (χ3v) is 5.39. The van der Waals surface area contributed by atoms with Crippen molar-refractivity contribution in [3.05, 3.63) is 101 Å². The molecule has 0 atom stereocenters. The Kier molecular flexibility index (Phi) is 4.18. The van der Waals surface area contributed by atoms with E-state index in [4.69, 9.17) is 4.74 Å². The maximum Gasteiger partial charge on any atom is 0.266 e. The van der Waals surface area contributed by atoms with Crippen LogP contribution >= 0.6 is 15.9 Å². The van der Waals surface area contributed by atoms with Crippen LogP contribution in [0.1, 0.15) is 20.7 Å². The minimum absolute atomic E-state index is 0.319. The Hall–Kier alpha value is -3.44. The summed E-state index contributed by atoms with van der Waals surface area (Å²) in [5, 5.41) is 2.24. The number of nitrogens with zero attached hydrogens (tertiary/aromatic N) is 1. The zero-order valence-corrected chi connectivity index (χ0v) is 16.7. The monoisotopic (exact) mass is 443 g/mol. The van der Waals surface area contributed by atoms with Crippen molar-refractivity contribution in [1.82, 2.24) is 0 Å². The minimum atomic E-state index is -0.325. The van der Waals surface area contributed by atoms with Gasteiger partial charge in [-0.3, -0.25) is 9.59 Å². The molecule has 4 nitrogen and oxygen atoms in total. The molecule has 0 fully saturated rings. The Morgan fingerprint density at radius 3 is 2.14 bits per heavy atom. The first-order valence-corrected chi connectivity index (χ1v) is 9.84. The molecule has 0 unspecified atom stereocenters. The highest BCUT2D eigenvalue weighted by atomic mass is 79.9. The van der Waals surface area contributed by atoms with E-state index in [-0.39, 0.29) is 11.8 Å². The standard InChI is InChI=1S/C24H14BrNO3/c25-17-6-12-21-22(14-17)24(28)26(23(21)27)18-7-10-19(11-8-18)29-20-9-5-15-3-1-2-4-16(15)13-20/h1-14H. The van der Waals surface area contributed by atoms with E-state index >= 15 is 0 Å². The first kappa shape index (κ1) is 17.6. The van der Waals surface area contributed by atoms with Crippen LogP contribution in [-0.4, -0.2) is 11.8 Å². The molecule has 5 heteroatoms. The van der Waals surface area contributed by atoms with Crippen LogP contribution in [0.2, 0.25) is 0 Å². The fraction of sp³-hybridized carbons (Fsp3) is 0. The second kappa shape index (κ2) is 6.87. The SMILES string of the molecule is O=C1c2ccc(Br)cc2C(=O)N1c1ccc(Oc2ccc3ccccc3c2)cc1. The normalized spacial score (nSPS) is 13.1. The molecule has 29 heavy (non-hydrogen) atoms. The Balaban J connectivity index is 1.40.